The number of benzene rings is 4. The van der Waals surface area contributed by atoms with Crippen LogP contribution in [0, 0.1) is 13.8 Å². The molecule has 0 N–H and O–H groups in total. The molecular formula is C34H40OSeSi. The van der Waals surface area contributed by atoms with Crippen LogP contribution in [-0.2, 0) is 6.42 Å². The van der Waals surface area contributed by atoms with Crippen molar-refractivity contribution < 1.29 is 4.43 Å². The van der Waals surface area contributed by atoms with Gasteiger partial charge in [-0.2, -0.15) is 0 Å². The molecule has 1 atom stereocenters. The molecule has 4 aromatic rings. The van der Waals surface area contributed by atoms with E-state index in [2.05, 4.69) is 145 Å². The molecule has 3 heteroatoms. The van der Waals surface area contributed by atoms with Gasteiger partial charge in [-0.1, -0.05) is 0 Å². The summed E-state index contributed by atoms with van der Waals surface area (Å²) in [7, 11) is -1.86. The van der Waals surface area contributed by atoms with E-state index in [0.29, 0.717) is 19.8 Å². The molecule has 0 spiro atoms. The molecule has 0 fully saturated rings. The summed E-state index contributed by atoms with van der Waals surface area (Å²) < 4.78 is 8.07. The Morgan fingerprint density at radius 1 is 0.757 bits per heavy atom. The molecule has 0 bridgehead atoms. The van der Waals surface area contributed by atoms with Gasteiger partial charge in [0, 0.05) is 0 Å². The molecule has 1 unspecified atom stereocenters. The molecule has 1 nitrogen and oxygen atoms in total. The monoisotopic (exact) mass is 572 g/mol. The van der Waals surface area contributed by atoms with Crippen LogP contribution in [0.15, 0.2) is 97.1 Å². The Bertz CT molecular complexity index is 1300. The number of hydrogen-bond donors (Lipinski definition) is 0. The molecular weight excluding hydrogens is 531 g/mol. The first-order chi connectivity index (χ1) is 17.5. The first kappa shape index (κ1) is 27.5. The van der Waals surface area contributed by atoms with Gasteiger partial charge in [-0.25, -0.2) is 0 Å². The molecule has 0 aliphatic heterocycles. The third-order valence-corrected chi connectivity index (χ3v) is 14.5. The minimum absolute atomic E-state index is 0.188. The number of rotatable bonds is 8. The van der Waals surface area contributed by atoms with Gasteiger partial charge in [-0.05, 0) is 0 Å². The van der Waals surface area contributed by atoms with Gasteiger partial charge in [0.1, 0.15) is 0 Å². The van der Waals surface area contributed by atoms with Gasteiger partial charge in [0.25, 0.3) is 0 Å². The molecule has 0 heterocycles. The van der Waals surface area contributed by atoms with Gasteiger partial charge in [0.05, 0.1) is 0 Å². The topological polar surface area (TPSA) is 9.23 Å². The number of aryl methyl sites for hydroxylation is 2. The second kappa shape index (κ2) is 11.4. The van der Waals surface area contributed by atoms with Gasteiger partial charge in [0.2, 0.25) is 0 Å². The summed E-state index contributed by atoms with van der Waals surface area (Å²) >= 11 is 0.293. The van der Waals surface area contributed by atoms with E-state index in [4.69, 9.17) is 4.43 Å². The summed E-state index contributed by atoms with van der Waals surface area (Å²) in [5.74, 6) is 1.05. The average molecular weight is 572 g/mol. The first-order valence-electron chi connectivity index (χ1n) is 13.2. The van der Waals surface area contributed by atoms with Crippen molar-refractivity contribution in [1.82, 2.24) is 0 Å². The summed E-state index contributed by atoms with van der Waals surface area (Å²) in [6.07, 6.45) is 1.05. The second-order valence-electron chi connectivity index (χ2n) is 11.6. The van der Waals surface area contributed by atoms with E-state index in [0.717, 1.165) is 12.2 Å². The Kier molecular flexibility index (Phi) is 8.48. The van der Waals surface area contributed by atoms with Crippen LogP contribution in [0.1, 0.15) is 47.8 Å². The Hall–Kier alpha value is -2.58. The quantitative estimate of drug-likeness (QED) is 0.192. The Balaban J connectivity index is 1.58. The van der Waals surface area contributed by atoms with E-state index in [1.807, 2.05) is 0 Å². The summed E-state index contributed by atoms with van der Waals surface area (Å²) in [5, 5.41) is 0.188. The third-order valence-electron chi connectivity index (χ3n) is 7.53. The fourth-order valence-corrected chi connectivity index (χ4v) is 7.88. The SMILES string of the molecule is Cc1ccc(-c2ccc(C(Cc3ccccc3)[Se]c3ccc(O[Si](C)(C)C(C)(C)C)c(C)c3)cc2)cc1. The van der Waals surface area contributed by atoms with Crippen LogP contribution in [-0.4, -0.2) is 23.3 Å². The zero-order valence-electron chi connectivity index (χ0n) is 23.3. The van der Waals surface area contributed by atoms with E-state index < -0.39 is 8.32 Å². The Morgan fingerprint density at radius 2 is 1.35 bits per heavy atom. The van der Waals surface area contributed by atoms with Crippen LogP contribution in [0.3, 0.4) is 0 Å². The summed E-state index contributed by atoms with van der Waals surface area (Å²) in [6.45, 7) is 15.9. The van der Waals surface area contributed by atoms with Crippen molar-refractivity contribution in [2.45, 2.75) is 64.0 Å². The van der Waals surface area contributed by atoms with Gasteiger partial charge < -0.3 is 0 Å². The second-order valence-corrected chi connectivity index (χ2v) is 19.0. The van der Waals surface area contributed by atoms with E-state index in [9.17, 15) is 0 Å². The van der Waals surface area contributed by atoms with Crippen LogP contribution in [0.25, 0.3) is 11.1 Å². The van der Waals surface area contributed by atoms with Crippen molar-refractivity contribution in [3.05, 3.63) is 119 Å². The van der Waals surface area contributed by atoms with Crippen LogP contribution in [0.4, 0.5) is 0 Å². The summed E-state index contributed by atoms with van der Waals surface area (Å²) in [4.78, 5) is 0.466. The molecule has 0 saturated heterocycles. The average Bonchev–Trinajstić information content (AvgIpc) is 2.86. The molecule has 0 aliphatic rings. The molecule has 4 rings (SSSR count). The minimum atomic E-state index is -1.86. The van der Waals surface area contributed by atoms with Crippen LogP contribution >= 0.6 is 0 Å². The standard InChI is InChI=1S/C34H40OSeSi/c1-25-13-15-28(16-14-25)29-17-19-30(20-18-29)33(24-27-11-9-8-10-12-27)36-31-21-22-32(26(2)23-31)35-37(6,7)34(3,4)5/h8-23,33H,24H2,1-7H3. The van der Waals surface area contributed by atoms with E-state index >= 15 is 0 Å². The van der Waals surface area contributed by atoms with E-state index in [1.54, 1.807) is 0 Å². The maximum absolute atomic E-state index is 6.65. The molecule has 4 aromatic carbocycles. The fourth-order valence-electron chi connectivity index (χ4n) is 4.09. The maximum atomic E-state index is 6.65. The third kappa shape index (κ3) is 7.05. The van der Waals surface area contributed by atoms with Crippen molar-refractivity contribution >= 4 is 27.7 Å². The zero-order valence-corrected chi connectivity index (χ0v) is 26.1. The van der Waals surface area contributed by atoms with Crippen LogP contribution in [0.2, 0.25) is 18.1 Å². The van der Waals surface area contributed by atoms with E-state index in [-0.39, 0.29) is 5.04 Å². The van der Waals surface area contributed by atoms with Crippen molar-refractivity contribution in [1.29, 1.82) is 0 Å². The van der Waals surface area contributed by atoms with Gasteiger partial charge in [-0.3, -0.25) is 0 Å². The van der Waals surface area contributed by atoms with Crippen molar-refractivity contribution in [3.8, 4) is 16.9 Å². The number of hydrogen-bond acceptors (Lipinski definition) is 1. The first-order valence-corrected chi connectivity index (χ1v) is 17.9. The predicted octanol–water partition coefficient (Wildman–Crippen LogP) is 8.67. The predicted molar refractivity (Wildman–Crippen MR) is 164 cm³/mol. The molecule has 0 aromatic heterocycles. The molecule has 37 heavy (non-hydrogen) atoms. The summed E-state index contributed by atoms with van der Waals surface area (Å²) in [6, 6.07) is 35.8. The van der Waals surface area contributed by atoms with Gasteiger partial charge in [-0.15, -0.1) is 0 Å². The molecule has 192 valence electrons. The Morgan fingerprint density at radius 3 is 1.92 bits per heavy atom. The van der Waals surface area contributed by atoms with Crippen molar-refractivity contribution in [2.75, 3.05) is 0 Å². The molecule has 0 aliphatic carbocycles. The molecule has 0 saturated carbocycles. The van der Waals surface area contributed by atoms with Crippen LogP contribution in [0.5, 0.6) is 5.75 Å². The molecule has 0 radical (unpaired) electrons. The van der Waals surface area contributed by atoms with Crippen molar-refractivity contribution in [3.63, 3.8) is 0 Å². The zero-order chi connectivity index (χ0) is 26.6. The molecule has 0 amide bonds. The van der Waals surface area contributed by atoms with Gasteiger partial charge >= 0.3 is 232 Å². The van der Waals surface area contributed by atoms with Gasteiger partial charge in [0.15, 0.2) is 0 Å². The van der Waals surface area contributed by atoms with Crippen LogP contribution < -0.4 is 8.89 Å². The fraction of sp³-hybridized carbons (Fsp3) is 0.294. The Labute approximate surface area is 231 Å². The normalized spacial score (nSPS) is 12.8. The summed E-state index contributed by atoms with van der Waals surface area (Å²) in [5.41, 5.74) is 7.90. The van der Waals surface area contributed by atoms with Crippen molar-refractivity contribution in [2.24, 2.45) is 0 Å². The van der Waals surface area contributed by atoms with E-state index in [1.165, 1.54) is 37.8 Å².